The molecule has 2 aromatic rings. The van der Waals surface area contributed by atoms with Crippen LogP contribution in [0.2, 0.25) is 0 Å². The molecule has 0 unspecified atom stereocenters. The van der Waals surface area contributed by atoms with E-state index in [0.717, 1.165) is 11.3 Å². The van der Waals surface area contributed by atoms with E-state index in [-0.39, 0.29) is 5.69 Å². The van der Waals surface area contributed by atoms with Crippen molar-refractivity contribution in [3.63, 3.8) is 0 Å². The highest BCUT2D eigenvalue weighted by Gasteiger charge is 2.14. The van der Waals surface area contributed by atoms with Gasteiger partial charge in [0.25, 0.3) is 11.6 Å². The van der Waals surface area contributed by atoms with Crippen LogP contribution in [0.1, 0.15) is 20.9 Å². The van der Waals surface area contributed by atoms with Gasteiger partial charge in [-0.2, -0.15) is 5.10 Å². The van der Waals surface area contributed by atoms with E-state index >= 15 is 0 Å². The molecule has 1 amide bonds. The number of hydrogen-bond donors (Lipinski definition) is 2. The zero-order chi connectivity index (χ0) is 15.4. The lowest BCUT2D eigenvalue weighted by Gasteiger charge is -1.98. The first-order valence-electron chi connectivity index (χ1n) is 5.78. The lowest BCUT2D eigenvalue weighted by atomic mass is 10.2. The van der Waals surface area contributed by atoms with E-state index in [1.54, 1.807) is 19.1 Å². The van der Waals surface area contributed by atoms with Gasteiger partial charge in [0.05, 0.1) is 22.4 Å². The number of carbonyl (C=O) groups excluding carboxylic acids is 1. The number of nitro benzene ring substituents is 1. The number of benzene rings is 1. The third kappa shape index (κ3) is 3.39. The van der Waals surface area contributed by atoms with Crippen molar-refractivity contribution in [2.75, 3.05) is 5.73 Å². The number of aromatic nitrogens is 1. The number of para-hydroxylation sites is 1. The summed E-state index contributed by atoms with van der Waals surface area (Å²) in [6, 6.07) is 6.09. The van der Waals surface area contributed by atoms with Crippen LogP contribution in [-0.4, -0.2) is 22.0 Å². The van der Waals surface area contributed by atoms with Crippen molar-refractivity contribution < 1.29 is 9.72 Å². The zero-order valence-electron chi connectivity index (χ0n) is 10.9. The number of nitro groups is 1. The number of amides is 1. The second-order valence-corrected chi connectivity index (χ2v) is 5.01. The van der Waals surface area contributed by atoms with Crippen molar-refractivity contribution in [1.29, 1.82) is 0 Å². The number of hydrazone groups is 1. The Hall–Kier alpha value is -2.81. The monoisotopic (exact) mass is 305 g/mol. The van der Waals surface area contributed by atoms with Crippen molar-refractivity contribution >= 4 is 34.3 Å². The Morgan fingerprint density at radius 3 is 2.86 bits per heavy atom. The van der Waals surface area contributed by atoms with E-state index in [2.05, 4.69) is 15.5 Å². The van der Waals surface area contributed by atoms with E-state index in [1.165, 1.54) is 18.3 Å². The maximum atomic E-state index is 11.8. The molecule has 8 nitrogen and oxygen atoms in total. The number of nitrogen functional groups attached to an aromatic ring is 1. The summed E-state index contributed by atoms with van der Waals surface area (Å²) in [7, 11) is 0. The molecule has 2 rings (SSSR count). The third-order valence-corrected chi connectivity index (χ3v) is 3.51. The van der Waals surface area contributed by atoms with Crippen LogP contribution in [0.5, 0.6) is 0 Å². The van der Waals surface area contributed by atoms with Crippen LogP contribution in [0.25, 0.3) is 0 Å². The van der Waals surface area contributed by atoms with Crippen LogP contribution in [0.3, 0.4) is 0 Å². The number of anilines is 1. The van der Waals surface area contributed by atoms with Crippen LogP contribution in [-0.2, 0) is 0 Å². The van der Waals surface area contributed by atoms with Gasteiger partial charge >= 0.3 is 0 Å². The first kappa shape index (κ1) is 14.6. The molecule has 0 aliphatic rings. The van der Waals surface area contributed by atoms with Crippen LogP contribution < -0.4 is 11.2 Å². The summed E-state index contributed by atoms with van der Waals surface area (Å²) in [5.74, 6) is -0.462. The highest BCUT2D eigenvalue weighted by molar-refractivity contribution is 7.17. The van der Waals surface area contributed by atoms with E-state index < -0.39 is 10.8 Å². The molecule has 0 bridgehead atoms. The summed E-state index contributed by atoms with van der Waals surface area (Å²) < 4.78 is 0. The minimum Gasteiger partial charge on any atom is -0.375 e. The van der Waals surface area contributed by atoms with Crippen molar-refractivity contribution in [3.8, 4) is 0 Å². The first-order valence-corrected chi connectivity index (χ1v) is 6.60. The largest absolute Gasteiger partial charge is 0.375 e. The molecule has 1 heterocycles. The molecule has 0 aliphatic heterocycles. The topological polar surface area (TPSA) is 124 Å². The fourth-order valence-electron chi connectivity index (χ4n) is 1.60. The van der Waals surface area contributed by atoms with Crippen LogP contribution in [0.15, 0.2) is 29.4 Å². The Morgan fingerprint density at radius 2 is 2.24 bits per heavy atom. The summed E-state index contributed by atoms with van der Waals surface area (Å²) >= 11 is 1.05. The minimum absolute atomic E-state index is 0.0892. The highest BCUT2D eigenvalue weighted by atomic mass is 32.1. The molecule has 0 saturated heterocycles. The van der Waals surface area contributed by atoms with Crippen molar-refractivity contribution in [3.05, 3.63) is 50.5 Å². The molecule has 0 aliphatic carbocycles. The Morgan fingerprint density at radius 1 is 1.52 bits per heavy atom. The molecule has 0 saturated carbocycles. The van der Waals surface area contributed by atoms with Crippen molar-refractivity contribution in [2.24, 2.45) is 5.10 Å². The lowest BCUT2D eigenvalue weighted by Crippen LogP contribution is -2.17. The van der Waals surface area contributed by atoms with Gasteiger partial charge in [0.15, 0.2) is 5.13 Å². The second-order valence-electron chi connectivity index (χ2n) is 3.98. The number of hydrogen-bond acceptors (Lipinski definition) is 7. The molecule has 0 atom stereocenters. The van der Waals surface area contributed by atoms with Crippen LogP contribution >= 0.6 is 11.3 Å². The maximum Gasteiger partial charge on any atom is 0.283 e. The smallest absolute Gasteiger partial charge is 0.283 e. The maximum absolute atomic E-state index is 11.8. The average molecular weight is 305 g/mol. The predicted octanol–water partition coefficient (Wildman–Crippen LogP) is 1.71. The SMILES string of the molecule is Cc1nc(N)sc1C(=O)N/N=C\c1ccccc1[N+](=O)[O-]. The normalized spacial score (nSPS) is 10.7. The summed E-state index contributed by atoms with van der Waals surface area (Å²) in [5, 5.41) is 14.8. The average Bonchev–Trinajstić information content (AvgIpc) is 2.78. The zero-order valence-corrected chi connectivity index (χ0v) is 11.8. The van der Waals surface area contributed by atoms with Crippen molar-refractivity contribution in [2.45, 2.75) is 6.92 Å². The molecule has 0 radical (unpaired) electrons. The molecular weight excluding hydrogens is 294 g/mol. The molecule has 108 valence electrons. The Bertz CT molecular complexity index is 725. The van der Waals surface area contributed by atoms with Gasteiger partial charge in [-0.3, -0.25) is 14.9 Å². The third-order valence-electron chi connectivity index (χ3n) is 2.52. The molecule has 9 heteroatoms. The van der Waals surface area contributed by atoms with Gasteiger partial charge < -0.3 is 5.73 Å². The van der Waals surface area contributed by atoms with E-state index in [1.807, 2.05) is 0 Å². The minimum atomic E-state index is -0.517. The van der Waals surface area contributed by atoms with Gasteiger partial charge in [0.2, 0.25) is 0 Å². The summed E-state index contributed by atoms with van der Waals surface area (Å²) in [4.78, 5) is 26.4. The fraction of sp³-hybridized carbons (Fsp3) is 0.0833. The molecule has 1 aromatic heterocycles. The number of nitrogens with two attached hydrogens (primary N) is 1. The van der Waals surface area contributed by atoms with Gasteiger partial charge in [0, 0.05) is 6.07 Å². The molecule has 0 fully saturated rings. The van der Waals surface area contributed by atoms with E-state index in [4.69, 9.17) is 5.73 Å². The van der Waals surface area contributed by atoms with Crippen molar-refractivity contribution in [1.82, 2.24) is 10.4 Å². The van der Waals surface area contributed by atoms with Gasteiger partial charge in [-0.1, -0.05) is 23.5 Å². The highest BCUT2D eigenvalue weighted by Crippen LogP contribution is 2.19. The molecule has 1 aromatic carbocycles. The standard InChI is InChI=1S/C12H11N5O3S/c1-7-10(21-12(13)15-7)11(18)16-14-6-8-4-2-3-5-9(8)17(19)20/h2-6H,1H3,(H2,13,15)(H,16,18)/b14-6-. The van der Waals surface area contributed by atoms with Crippen LogP contribution in [0.4, 0.5) is 10.8 Å². The predicted molar refractivity (Wildman–Crippen MR) is 79.4 cm³/mol. The number of carbonyl (C=O) groups is 1. The fourth-order valence-corrected chi connectivity index (χ4v) is 2.33. The number of nitrogens with zero attached hydrogens (tertiary/aromatic N) is 3. The number of rotatable bonds is 4. The molecule has 0 spiro atoms. The Kier molecular flexibility index (Phi) is 4.24. The number of aryl methyl sites for hydroxylation is 1. The van der Waals surface area contributed by atoms with Gasteiger partial charge in [-0.05, 0) is 13.0 Å². The van der Waals surface area contributed by atoms with Crippen LogP contribution in [0, 0.1) is 17.0 Å². The quantitative estimate of drug-likeness (QED) is 0.505. The summed E-state index contributed by atoms with van der Waals surface area (Å²) in [6.07, 6.45) is 1.22. The van der Waals surface area contributed by atoms with Gasteiger partial charge in [0.1, 0.15) is 4.88 Å². The molecule has 3 N–H and O–H groups in total. The molecule has 21 heavy (non-hydrogen) atoms. The Balaban J connectivity index is 2.11. The Labute approximate surface area is 123 Å². The van der Waals surface area contributed by atoms with Gasteiger partial charge in [-0.25, -0.2) is 10.4 Å². The summed E-state index contributed by atoms with van der Waals surface area (Å²) in [5.41, 5.74) is 8.51. The van der Waals surface area contributed by atoms with E-state index in [0.29, 0.717) is 21.3 Å². The summed E-state index contributed by atoms with van der Waals surface area (Å²) in [6.45, 7) is 1.66. The molecular formula is C12H11N5O3S. The van der Waals surface area contributed by atoms with E-state index in [9.17, 15) is 14.9 Å². The number of nitrogens with one attached hydrogen (secondary N) is 1. The number of thiazole rings is 1. The second kappa shape index (κ2) is 6.09. The van der Waals surface area contributed by atoms with Gasteiger partial charge in [-0.15, -0.1) is 0 Å². The lowest BCUT2D eigenvalue weighted by molar-refractivity contribution is -0.385. The first-order chi connectivity index (χ1) is 9.99.